The first-order valence-electron chi connectivity index (χ1n) is 8.83. The van der Waals surface area contributed by atoms with Crippen molar-refractivity contribution in [2.24, 2.45) is 7.05 Å². The fraction of sp³-hybridized carbons (Fsp3) is 0.667. The molecule has 3 heterocycles. The van der Waals surface area contributed by atoms with Gasteiger partial charge in [0.2, 0.25) is 5.91 Å². The standard InChI is InChI=1S/C18H27N3O3S/c1-12-15(16(18(23)24-4)13(2)19(12)3)17-21(14(22)11-25-17)10-9-20-7-5-6-8-20/h17H,5-11H2,1-4H3. The Morgan fingerprint density at radius 1 is 1.20 bits per heavy atom. The van der Waals surface area contributed by atoms with Gasteiger partial charge in [0.15, 0.2) is 0 Å². The summed E-state index contributed by atoms with van der Waals surface area (Å²) in [5, 5.41) is -0.107. The van der Waals surface area contributed by atoms with E-state index in [1.165, 1.54) is 20.0 Å². The highest BCUT2D eigenvalue weighted by Crippen LogP contribution is 2.43. The van der Waals surface area contributed by atoms with Gasteiger partial charge in [-0.1, -0.05) is 0 Å². The van der Waals surface area contributed by atoms with E-state index in [1.54, 1.807) is 11.8 Å². The quantitative estimate of drug-likeness (QED) is 0.748. The minimum Gasteiger partial charge on any atom is -0.465 e. The average molecular weight is 365 g/mol. The summed E-state index contributed by atoms with van der Waals surface area (Å²) in [6, 6.07) is 0. The predicted octanol–water partition coefficient (Wildman–Crippen LogP) is 2.10. The Kier molecular flexibility index (Phi) is 5.43. The van der Waals surface area contributed by atoms with E-state index >= 15 is 0 Å². The van der Waals surface area contributed by atoms with Gasteiger partial charge in [0.05, 0.1) is 18.4 Å². The Balaban J connectivity index is 1.89. The second-order valence-electron chi connectivity index (χ2n) is 6.81. The number of thioether (sulfide) groups is 1. The zero-order valence-corrected chi connectivity index (χ0v) is 16.3. The van der Waals surface area contributed by atoms with E-state index in [1.807, 2.05) is 30.4 Å². The van der Waals surface area contributed by atoms with Gasteiger partial charge >= 0.3 is 5.97 Å². The first-order chi connectivity index (χ1) is 12.0. The topological polar surface area (TPSA) is 54.8 Å². The molecule has 0 N–H and O–H groups in total. The van der Waals surface area contributed by atoms with Gasteiger partial charge in [-0.05, 0) is 39.8 Å². The molecular formula is C18H27N3O3S. The maximum absolute atomic E-state index is 12.5. The number of esters is 1. The van der Waals surface area contributed by atoms with Crippen LogP contribution < -0.4 is 0 Å². The lowest BCUT2D eigenvalue weighted by molar-refractivity contribution is -0.128. The maximum Gasteiger partial charge on any atom is 0.340 e. The molecule has 2 aliphatic rings. The van der Waals surface area contributed by atoms with E-state index in [2.05, 4.69) is 4.90 Å². The van der Waals surface area contributed by atoms with Gasteiger partial charge in [-0.3, -0.25) is 4.79 Å². The largest absolute Gasteiger partial charge is 0.465 e. The van der Waals surface area contributed by atoms with E-state index in [-0.39, 0.29) is 17.3 Å². The molecule has 1 amide bonds. The number of hydrogen-bond donors (Lipinski definition) is 0. The Bertz CT molecular complexity index is 680. The van der Waals surface area contributed by atoms with Crippen molar-refractivity contribution in [1.82, 2.24) is 14.4 Å². The fourth-order valence-electron chi connectivity index (χ4n) is 3.83. The van der Waals surface area contributed by atoms with Gasteiger partial charge in [-0.25, -0.2) is 4.79 Å². The summed E-state index contributed by atoms with van der Waals surface area (Å²) in [6.45, 7) is 7.80. The van der Waals surface area contributed by atoms with E-state index in [4.69, 9.17) is 4.74 Å². The van der Waals surface area contributed by atoms with Crippen molar-refractivity contribution < 1.29 is 14.3 Å². The Labute approximate surface area is 153 Å². The van der Waals surface area contributed by atoms with Crippen LogP contribution in [0, 0.1) is 13.8 Å². The van der Waals surface area contributed by atoms with Crippen molar-refractivity contribution in [1.29, 1.82) is 0 Å². The lowest BCUT2D eigenvalue weighted by Crippen LogP contribution is -2.36. The molecule has 25 heavy (non-hydrogen) atoms. The Morgan fingerprint density at radius 2 is 1.88 bits per heavy atom. The van der Waals surface area contributed by atoms with Gasteiger partial charge in [0, 0.05) is 37.1 Å². The van der Waals surface area contributed by atoms with Crippen molar-refractivity contribution >= 4 is 23.6 Å². The molecule has 0 radical (unpaired) electrons. The number of likely N-dealkylation sites (tertiary alicyclic amines) is 1. The zero-order chi connectivity index (χ0) is 18.1. The highest BCUT2D eigenvalue weighted by Gasteiger charge is 2.38. The summed E-state index contributed by atoms with van der Waals surface area (Å²) < 4.78 is 7.03. The summed E-state index contributed by atoms with van der Waals surface area (Å²) in [5.74, 6) is 0.306. The first-order valence-corrected chi connectivity index (χ1v) is 9.88. The molecule has 2 fully saturated rings. The highest BCUT2D eigenvalue weighted by molar-refractivity contribution is 8.00. The molecule has 2 saturated heterocycles. The normalized spacial score (nSPS) is 21.4. The lowest BCUT2D eigenvalue weighted by Gasteiger charge is -2.27. The third-order valence-electron chi connectivity index (χ3n) is 5.49. The molecule has 3 rings (SSSR count). The van der Waals surface area contributed by atoms with Gasteiger partial charge < -0.3 is 19.1 Å². The van der Waals surface area contributed by atoms with Crippen LogP contribution in [0.2, 0.25) is 0 Å². The molecule has 0 bridgehead atoms. The SMILES string of the molecule is COC(=O)c1c(C2SCC(=O)N2CCN2CCCC2)c(C)n(C)c1C. The number of amides is 1. The molecular weight excluding hydrogens is 338 g/mol. The minimum absolute atomic E-state index is 0.107. The molecule has 6 nitrogen and oxygen atoms in total. The third-order valence-corrected chi connectivity index (χ3v) is 6.71. The number of ether oxygens (including phenoxy) is 1. The molecule has 1 aromatic heterocycles. The molecule has 0 saturated carbocycles. The molecule has 1 unspecified atom stereocenters. The van der Waals surface area contributed by atoms with E-state index in [0.717, 1.165) is 36.6 Å². The minimum atomic E-state index is -0.323. The van der Waals surface area contributed by atoms with Crippen LogP contribution in [-0.4, -0.2) is 65.3 Å². The number of nitrogens with zero attached hydrogens (tertiary/aromatic N) is 3. The maximum atomic E-state index is 12.5. The van der Waals surface area contributed by atoms with Crippen LogP contribution in [0.1, 0.15) is 45.5 Å². The highest BCUT2D eigenvalue weighted by atomic mass is 32.2. The number of aromatic nitrogens is 1. The van der Waals surface area contributed by atoms with Gasteiger partial charge in [0.1, 0.15) is 5.37 Å². The van der Waals surface area contributed by atoms with Crippen LogP contribution in [0.5, 0.6) is 0 Å². The van der Waals surface area contributed by atoms with Crippen LogP contribution in [0.15, 0.2) is 0 Å². The van der Waals surface area contributed by atoms with Crippen LogP contribution in [0.25, 0.3) is 0 Å². The van der Waals surface area contributed by atoms with Gasteiger partial charge in [-0.15, -0.1) is 11.8 Å². The fourth-order valence-corrected chi connectivity index (χ4v) is 5.15. The van der Waals surface area contributed by atoms with Crippen molar-refractivity contribution in [2.75, 3.05) is 39.0 Å². The second kappa shape index (κ2) is 7.41. The molecule has 1 atom stereocenters. The van der Waals surface area contributed by atoms with E-state index < -0.39 is 0 Å². The number of rotatable bonds is 5. The van der Waals surface area contributed by atoms with Crippen LogP contribution in [0.4, 0.5) is 0 Å². The zero-order valence-electron chi connectivity index (χ0n) is 15.5. The van der Waals surface area contributed by atoms with Crippen molar-refractivity contribution in [2.45, 2.75) is 32.1 Å². The second-order valence-corrected chi connectivity index (χ2v) is 7.88. The molecule has 0 spiro atoms. The van der Waals surface area contributed by atoms with Gasteiger partial charge in [-0.2, -0.15) is 0 Å². The van der Waals surface area contributed by atoms with Crippen LogP contribution >= 0.6 is 11.8 Å². The third kappa shape index (κ3) is 3.31. The summed E-state index contributed by atoms with van der Waals surface area (Å²) >= 11 is 1.61. The summed E-state index contributed by atoms with van der Waals surface area (Å²) in [7, 11) is 3.36. The monoisotopic (exact) mass is 365 g/mol. The van der Waals surface area contributed by atoms with Crippen molar-refractivity contribution in [3.8, 4) is 0 Å². The van der Waals surface area contributed by atoms with Crippen molar-refractivity contribution in [3.63, 3.8) is 0 Å². The van der Waals surface area contributed by atoms with Gasteiger partial charge in [0.25, 0.3) is 0 Å². The summed E-state index contributed by atoms with van der Waals surface area (Å²) in [5.41, 5.74) is 3.46. The van der Waals surface area contributed by atoms with E-state index in [9.17, 15) is 9.59 Å². The first kappa shape index (κ1) is 18.3. The van der Waals surface area contributed by atoms with E-state index in [0.29, 0.717) is 17.9 Å². The molecule has 7 heteroatoms. The summed E-state index contributed by atoms with van der Waals surface area (Å²) in [4.78, 5) is 29.2. The summed E-state index contributed by atoms with van der Waals surface area (Å²) in [6.07, 6.45) is 2.49. The predicted molar refractivity (Wildman–Crippen MR) is 98.8 cm³/mol. The van der Waals surface area contributed by atoms with Crippen LogP contribution in [-0.2, 0) is 16.6 Å². The van der Waals surface area contributed by atoms with Crippen LogP contribution in [0.3, 0.4) is 0 Å². The molecule has 0 aromatic carbocycles. The lowest BCUT2D eigenvalue weighted by atomic mass is 10.1. The van der Waals surface area contributed by atoms with Crippen molar-refractivity contribution in [3.05, 3.63) is 22.5 Å². The average Bonchev–Trinajstić information content (AvgIpc) is 3.29. The Hall–Kier alpha value is -1.47. The molecule has 138 valence electrons. The molecule has 1 aromatic rings. The smallest absolute Gasteiger partial charge is 0.340 e. The number of carbonyl (C=O) groups is 2. The Morgan fingerprint density at radius 3 is 2.52 bits per heavy atom. The number of carbonyl (C=O) groups excluding carboxylic acids is 2. The number of hydrogen-bond acceptors (Lipinski definition) is 5. The number of methoxy groups -OCH3 is 1. The molecule has 2 aliphatic heterocycles. The molecule has 0 aliphatic carbocycles.